The van der Waals surface area contributed by atoms with E-state index in [1.165, 1.54) is 11.3 Å². The van der Waals surface area contributed by atoms with Crippen molar-refractivity contribution in [2.75, 3.05) is 19.8 Å². The third-order valence-electron chi connectivity index (χ3n) is 2.09. The molecule has 2 rings (SSSR count). The summed E-state index contributed by atoms with van der Waals surface area (Å²) in [5.74, 6) is 0. The number of thiophene rings is 1. The van der Waals surface area contributed by atoms with E-state index in [-0.39, 0.29) is 12.2 Å². The Morgan fingerprint density at radius 1 is 1.64 bits per heavy atom. The van der Waals surface area contributed by atoms with E-state index in [9.17, 15) is 0 Å². The SMILES string of the molecule is NCC(OC1COC1)c1ccc(Cl)s1. The lowest BCUT2D eigenvalue weighted by Crippen LogP contribution is -2.38. The molecule has 2 N–H and O–H groups in total. The van der Waals surface area contributed by atoms with E-state index in [1.54, 1.807) is 0 Å². The summed E-state index contributed by atoms with van der Waals surface area (Å²) in [7, 11) is 0. The molecule has 0 aliphatic carbocycles. The van der Waals surface area contributed by atoms with Crippen LogP contribution >= 0.6 is 22.9 Å². The van der Waals surface area contributed by atoms with Gasteiger partial charge in [0, 0.05) is 11.4 Å². The van der Waals surface area contributed by atoms with Crippen molar-refractivity contribution in [3.63, 3.8) is 0 Å². The first kappa shape index (κ1) is 10.4. The summed E-state index contributed by atoms with van der Waals surface area (Å²) >= 11 is 7.36. The van der Waals surface area contributed by atoms with Gasteiger partial charge in [-0.3, -0.25) is 0 Å². The van der Waals surface area contributed by atoms with Crippen molar-refractivity contribution < 1.29 is 9.47 Å². The highest BCUT2D eigenvalue weighted by molar-refractivity contribution is 7.16. The lowest BCUT2D eigenvalue weighted by Gasteiger charge is -2.29. The molecule has 0 spiro atoms. The summed E-state index contributed by atoms with van der Waals surface area (Å²) in [6, 6.07) is 3.83. The summed E-state index contributed by atoms with van der Waals surface area (Å²) in [4.78, 5) is 1.09. The summed E-state index contributed by atoms with van der Waals surface area (Å²) in [5, 5.41) is 0. The van der Waals surface area contributed by atoms with Crippen molar-refractivity contribution in [3.8, 4) is 0 Å². The molecular weight excluding hydrogens is 222 g/mol. The van der Waals surface area contributed by atoms with Crippen LogP contribution in [-0.2, 0) is 9.47 Å². The Hall–Kier alpha value is -0.130. The van der Waals surface area contributed by atoms with Crippen molar-refractivity contribution in [1.82, 2.24) is 0 Å². The van der Waals surface area contributed by atoms with Crippen LogP contribution in [-0.4, -0.2) is 25.9 Å². The minimum atomic E-state index is -0.0404. The first-order valence-corrected chi connectivity index (χ1v) is 5.67. The number of rotatable bonds is 4. The summed E-state index contributed by atoms with van der Waals surface area (Å²) in [6.07, 6.45) is 0.158. The van der Waals surface area contributed by atoms with Gasteiger partial charge in [-0.15, -0.1) is 11.3 Å². The molecule has 0 radical (unpaired) electrons. The van der Waals surface area contributed by atoms with E-state index in [0.717, 1.165) is 9.21 Å². The van der Waals surface area contributed by atoms with Crippen LogP contribution in [0.5, 0.6) is 0 Å². The maximum atomic E-state index is 5.84. The van der Waals surface area contributed by atoms with E-state index < -0.39 is 0 Å². The van der Waals surface area contributed by atoms with Crippen LogP contribution in [0.15, 0.2) is 12.1 Å². The highest BCUT2D eigenvalue weighted by Crippen LogP contribution is 2.30. The minimum Gasteiger partial charge on any atom is -0.376 e. The average molecular weight is 234 g/mol. The smallest absolute Gasteiger partial charge is 0.105 e. The topological polar surface area (TPSA) is 44.5 Å². The molecule has 14 heavy (non-hydrogen) atoms. The van der Waals surface area contributed by atoms with Crippen LogP contribution in [0, 0.1) is 0 Å². The summed E-state index contributed by atoms with van der Waals surface area (Å²) < 4.78 is 11.5. The van der Waals surface area contributed by atoms with Crippen molar-refractivity contribution in [2.24, 2.45) is 5.73 Å². The molecule has 0 saturated carbocycles. The monoisotopic (exact) mass is 233 g/mol. The molecular formula is C9H12ClNO2S. The second-order valence-corrected chi connectivity index (χ2v) is 4.91. The first-order valence-electron chi connectivity index (χ1n) is 4.48. The number of ether oxygens (including phenoxy) is 2. The van der Waals surface area contributed by atoms with Crippen LogP contribution in [0.2, 0.25) is 4.34 Å². The van der Waals surface area contributed by atoms with Gasteiger partial charge in [0.2, 0.25) is 0 Å². The molecule has 1 aromatic rings. The van der Waals surface area contributed by atoms with Gasteiger partial charge in [0.15, 0.2) is 0 Å². The molecule has 0 amide bonds. The Balaban J connectivity index is 1.97. The Morgan fingerprint density at radius 3 is 2.86 bits per heavy atom. The summed E-state index contributed by atoms with van der Waals surface area (Å²) in [5.41, 5.74) is 5.64. The standard InChI is InChI=1S/C9H12ClNO2S/c10-9-2-1-8(14-9)7(3-11)13-6-4-12-5-6/h1-2,6-7H,3-5,11H2. The third-order valence-corrected chi connectivity index (χ3v) is 3.41. The number of nitrogens with two attached hydrogens (primary N) is 1. The van der Waals surface area contributed by atoms with Gasteiger partial charge < -0.3 is 15.2 Å². The maximum absolute atomic E-state index is 5.84. The molecule has 1 saturated heterocycles. The molecule has 0 aromatic carbocycles. The Kier molecular flexibility index (Phi) is 3.41. The molecule has 1 aromatic heterocycles. The molecule has 3 nitrogen and oxygen atoms in total. The fraction of sp³-hybridized carbons (Fsp3) is 0.556. The predicted molar refractivity (Wildman–Crippen MR) is 56.8 cm³/mol. The van der Waals surface area contributed by atoms with Crippen LogP contribution in [0.1, 0.15) is 11.0 Å². The highest BCUT2D eigenvalue weighted by Gasteiger charge is 2.24. The van der Waals surface area contributed by atoms with Gasteiger partial charge in [0.1, 0.15) is 12.2 Å². The van der Waals surface area contributed by atoms with Gasteiger partial charge in [-0.05, 0) is 12.1 Å². The number of hydrogen-bond donors (Lipinski definition) is 1. The van der Waals surface area contributed by atoms with Gasteiger partial charge in [-0.1, -0.05) is 11.6 Å². The van der Waals surface area contributed by atoms with Crippen LogP contribution in [0.4, 0.5) is 0 Å². The normalized spacial score (nSPS) is 19.3. The van der Waals surface area contributed by atoms with E-state index in [0.29, 0.717) is 19.8 Å². The fourth-order valence-corrected chi connectivity index (χ4v) is 2.38. The Morgan fingerprint density at radius 2 is 2.43 bits per heavy atom. The van der Waals surface area contributed by atoms with Crippen molar-refractivity contribution >= 4 is 22.9 Å². The van der Waals surface area contributed by atoms with Gasteiger partial charge in [-0.25, -0.2) is 0 Å². The zero-order chi connectivity index (χ0) is 9.97. The molecule has 1 unspecified atom stereocenters. The third kappa shape index (κ3) is 2.27. The quantitative estimate of drug-likeness (QED) is 0.863. The number of hydrogen-bond acceptors (Lipinski definition) is 4. The van der Waals surface area contributed by atoms with Gasteiger partial charge in [0.05, 0.1) is 17.6 Å². The Labute approximate surface area is 91.8 Å². The van der Waals surface area contributed by atoms with E-state index in [1.807, 2.05) is 12.1 Å². The molecule has 1 fully saturated rings. The second kappa shape index (κ2) is 4.59. The van der Waals surface area contributed by atoms with E-state index in [4.69, 9.17) is 26.8 Å². The van der Waals surface area contributed by atoms with Crippen LogP contribution in [0.25, 0.3) is 0 Å². The zero-order valence-corrected chi connectivity index (χ0v) is 9.18. The van der Waals surface area contributed by atoms with Crippen LogP contribution < -0.4 is 5.73 Å². The summed E-state index contributed by atoms with van der Waals surface area (Å²) in [6.45, 7) is 1.83. The lowest BCUT2D eigenvalue weighted by molar-refractivity contribution is -0.153. The van der Waals surface area contributed by atoms with Gasteiger partial charge >= 0.3 is 0 Å². The van der Waals surface area contributed by atoms with Crippen LogP contribution in [0.3, 0.4) is 0 Å². The van der Waals surface area contributed by atoms with Crippen molar-refractivity contribution in [3.05, 3.63) is 21.3 Å². The molecule has 1 aliphatic heterocycles. The molecule has 0 bridgehead atoms. The fourth-order valence-electron chi connectivity index (χ4n) is 1.27. The first-order chi connectivity index (χ1) is 6.79. The maximum Gasteiger partial charge on any atom is 0.105 e. The van der Waals surface area contributed by atoms with Gasteiger partial charge in [0.25, 0.3) is 0 Å². The average Bonchev–Trinajstić information content (AvgIpc) is 2.50. The molecule has 2 heterocycles. The lowest BCUT2D eigenvalue weighted by atomic mass is 10.2. The predicted octanol–water partition coefficient (Wildman–Crippen LogP) is 1.82. The van der Waals surface area contributed by atoms with E-state index in [2.05, 4.69) is 0 Å². The largest absolute Gasteiger partial charge is 0.376 e. The highest BCUT2D eigenvalue weighted by atomic mass is 35.5. The number of halogens is 1. The van der Waals surface area contributed by atoms with Crippen molar-refractivity contribution in [1.29, 1.82) is 0 Å². The molecule has 1 atom stereocenters. The minimum absolute atomic E-state index is 0.0404. The van der Waals surface area contributed by atoms with E-state index >= 15 is 0 Å². The van der Waals surface area contributed by atoms with Gasteiger partial charge in [-0.2, -0.15) is 0 Å². The molecule has 5 heteroatoms. The molecule has 1 aliphatic rings. The Bertz CT molecular complexity index is 301. The second-order valence-electron chi connectivity index (χ2n) is 3.16. The zero-order valence-electron chi connectivity index (χ0n) is 7.61. The molecule has 78 valence electrons. The van der Waals surface area contributed by atoms with Crippen molar-refractivity contribution in [2.45, 2.75) is 12.2 Å².